The number of carbonyl (C=O) groups is 1. The quantitative estimate of drug-likeness (QED) is 0.333. The summed E-state index contributed by atoms with van der Waals surface area (Å²) in [6.45, 7) is 0.372. The second-order valence-electron chi connectivity index (χ2n) is 6.04. The molecule has 4 N–H and O–H groups in total. The molecular weight excluding hydrogens is 378 g/mol. The number of nitrogens with one attached hydrogen (secondary N) is 2. The van der Waals surface area contributed by atoms with Gasteiger partial charge in [-0.1, -0.05) is 18.2 Å². The summed E-state index contributed by atoms with van der Waals surface area (Å²) < 4.78 is 0. The third-order valence-corrected chi connectivity index (χ3v) is 3.97. The first kappa shape index (κ1) is 19.5. The number of phenolic OH excluding ortho intramolecular Hbond substituents is 1. The lowest BCUT2D eigenvalue weighted by molar-refractivity contribution is -0.384. The van der Waals surface area contributed by atoms with E-state index in [-0.39, 0.29) is 28.8 Å². The van der Waals surface area contributed by atoms with Gasteiger partial charge in [0.15, 0.2) is 0 Å². The summed E-state index contributed by atoms with van der Waals surface area (Å²) in [6.07, 6.45) is 1.64. The number of nitrogens with zero attached hydrogens (tertiary/aromatic N) is 3. The number of aromatic hydroxyl groups is 1. The lowest BCUT2D eigenvalue weighted by Gasteiger charge is -2.09. The van der Waals surface area contributed by atoms with E-state index in [1.54, 1.807) is 36.4 Å². The van der Waals surface area contributed by atoms with Crippen molar-refractivity contribution in [2.75, 3.05) is 17.2 Å². The number of rotatable bonds is 8. The smallest absolute Gasteiger partial charge is 0.335 e. The molecule has 1 heterocycles. The Morgan fingerprint density at radius 3 is 2.62 bits per heavy atom. The largest absolute Gasteiger partial charge is 0.508 e. The van der Waals surface area contributed by atoms with Crippen LogP contribution in [-0.2, 0) is 6.42 Å². The Labute approximate surface area is 165 Å². The van der Waals surface area contributed by atoms with Gasteiger partial charge in [0.25, 0.3) is 0 Å². The van der Waals surface area contributed by atoms with Crippen molar-refractivity contribution in [3.8, 4) is 5.75 Å². The normalized spacial score (nSPS) is 10.3. The van der Waals surface area contributed by atoms with Crippen LogP contribution in [0.5, 0.6) is 5.75 Å². The SMILES string of the molecule is O=C(O)c1cccc(Nc2ncc([N+](=O)[O-])c(NCCc3ccc(O)cc3)n2)c1. The summed E-state index contributed by atoms with van der Waals surface area (Å²) in [4.78, 5) is 29.8. The molecular formula is C19H17N5O5. The summed E-state index contributed by atoms with van der Waals surface area (Å²) in [5.74, 6) is -0.781. The van der Waals surface area contributed by atoms with Gasteiger partial charge < -0.3 is 20.8 Å². The number of hydrogen-bond donors (Lipinski definition) is 4. The Kier molecular flexibility index (Phi) is 5.83. The van der Waals surface area contributed by atoms with Crippen molar-refractivity contribution in [3.63, 3.8) is 0 Å². The van der Waals surface area contributed by atoms with E-state index >= 15 is 0 Å². The molecule has 0 atom stereocenters. The Hall–Kier alpha value is -4.21. The van der Waals surface area contributed by atoms with Gasteiger partial charge in [0.1, 0.15) is 11.9 Å². The second-order valence-corrected chi connectivity index (χ2v) is 6.04. The fourth-order valence-electron chi connectivity index (χ4n) is 2.55. The molecule has 2 aromatic carbocycles. The predicted octanol–water partition coefficient (Wildman–Crippen LogP) is 3.19. The molecule has 1 aromatic heterocycles. The molecule has 10 heteroatoms. The summed E-state index contributed by atoms with van der Waals surface area (Å²) in [5, 5.41) is 35.4. The molecule has 148 valence electrons. The van der Waals surface area contributed by atoms with Gasteiger partial charge in [-0.15, -0.1) is 0 Å². The summed E-state index contributed by atoms with van der Waals surface area (Å²) in [6, 6.07) is 12.7. The lowest BCUT2D eigenvalue weighted by Crippen LogP contribution is -2.10. The van der Waals surface area contributed by atoms with Crippen LogP contribution in [0.25, 0.3) is 0 Å². The number of phenols is 1. The molecule has 0 fully saturated rings. The van der Waals surface area contributed by atoms with Gasteiger partial charge >= 0.3 is 11.7 Å². The lowest BCUT2D eigenvalue weighted by atomic mass is 10.1. The van der Waals surface area contributed by atoms with Crippen LogP contribution in [0, 0.1) is 10.1 Å². The van der Waals surface area contributed by atoms with Crippen molar-refractivity contribution in [2.45, 2.75) is 6.42 Å². The molecule has 3 rings (SSSR count). The summed E-state index contributed by atoms with van der Waals surface area (Å²) in [5.41, 5.74) is 1.19. The molecule has 0 amide bonds. The molecule has 0 aliphatic rings. The zero-order valence-electron chi connectivity index (χ0n) is 15.1. The molecule has 3 aromatic rings. The van der Waals surface area contributed by atoms with E-state index in [2.05, 4.69) is 20.6 Å². The Morgan fingerprint density at radius 2 is 1.93 bits per heavy atom. The Bertz CT molecular complexity index is 1040. The van der Waals surface area contributed by atoms with E-state index in [9.17, 15) is 20.0 Å². The first-order chi connectivity index (χ1) is 13.9. The molecule has 0 bridgehead atoms. The van der Waals surface area contributed by atoms with E-state index in [0.29, 0.717) is 18.7 Å². The van der Waals surface area contributed by atoms with Crippen LogP contribution in [0.1, 0.15) is 15.9 Å². The molecule has 0 saturated carbocycles. The van der Waals surface area contributed by atoms with Crippen LogP contribution in [0.4, 0.5) is 23.1 Å². The third kappa shape index (κ3) is 5.16. The average Bonchev–Trinajstić information content (AvgIpc) is 2.69. The Morgan fingerprint density at radius 1 is 1.17 bits per heavy atom. The highest BCUT2D eigenvalue weighted by Crippen LogP contribution is 2.24. The van der Waals surface area contributed by atoms with E-state index in [0.717, 1.165) is 11.8 Å². The van der Waals surface area contributed by atoms with Crippen LogP contribution in [-0.4, -0.2) is 37.6 Å². The van der Waals surface area contributed by atoms with Crippen molar-refractivity contribution in [3.05, 3.63) is 76.0 Å². The topological polar surface area (TPSA) is 151 Å². The standard InChI is InChI=1S/C19H17N5O5/c25-15-6-4-12(5-7-15)8-9-20-17-16(24(28)29)11-21-19(23-17)22-14-3-1-2-13(10-14)18(26)27/h1-7,10-11,25H,8-9H2,(H,26,27)(H2,20,21,22,23). The molecule has 0 radical (unpaired) electrons. The van der Waals surface area contributed by atoms with Gasteiger partial charge in [0, 0.05) is 12.2 Å². The number of hydrogen-bond acceptors (Lipinski definition) is 8. The summed E-state index contributed by atoms with van der Waals surface area (Å²) in [7, 11) is 0. The maximum atomic E-state index is 11.3. The number of aromatic carboxylic acids is 1. The highest BCUT2D eigenvalue weighted by Gasteiger charge is 2.17. The van der Waals surface area contributed by atoms with Gasteiger partial charge in [-0.3, -0.25) is 10.1 Å². The second kappa shape index (κ2) is 8.65. The molecule has 29 heavy (non-hydrogen) atoms. The summed E-state index contributed by atoms with van der Waals surface area (Å²) >= 11 is 0. The molecule has 10 nitrogen and oxygen atoms in total. The average molecular weight is 395 g/mol. The zero-order chi connectivity index (χ0) is 20.8. The maximum absolute atomic E-state index is 11.3. The fourth-order valence-corrected chi connectivity index (χ4v) is 2.55. The third-order valence-electron chi connectivity index (χ3n) is 3.97. The van der Waals surface area contributed by atoms with Crippen molar-refractivity contribution >= 4 is 29.1 Å². The predicted molar refractivity (Wildman–Crippen MR) is 106 cm³/mol. The number of carboxylic acid groups (broad SMARTS) is 1. The molecule has 0 saturated heterocycles. The van der Waals surface area contributed by atoms with Crippen LogP contribution in [0.2, 0.25) is 0 Å². The first-order valence-corrected chi connectivity index (χ1v) is 8.56. The minimum atomic E-state index is -1.07. The highest BCUT2D eigenvalue weighted by atomic mass is 16.6. The minimum absolute atomic E-state index is 0.0423. The van der Waals surface area contributed by atoms with E-state index in [1.807, 2.05) is 0 Å². The fraction of sp³-hybridized carbons (Fsp3) is 0.105. The van der Waals surface area contributed by atoms with Gasteiger partial charge in [-0.25, -0.2) is 9.78 Å². The number of nitro groups is 1. The van der Waals surface area contributed by atoms with E-state index < -0.39 is 10.9 Å². The number of carboxylic acids is 1. The van der Waals surface area contributed by atoms with E-state index in [4.69, 9.17) is 5.11 Å². The molecule has 0 aliphatic carbocycles. The van der Waals surface area contributed by atoms with Gasteiger partial charge in [-0.05, 0) is 42.3 Å². The first-order valence-electron chi connectivity index (χ1n) is 8.56. The number of benzene rings is 2. The van der Waals surface area contributed by atoms with Crippen LogP contribution in [0.15, 0.2) is 54.7 Å². The van der Waals surface area contributed by atoms with Gasteiger partial charge in [-0.2, -0.15) is 4.98 Å². The molecule has 0 unspecified atom stereocenters. The molecule has 0 aliphatic heterocycles. The van der Waals surface area contributed by atoms with Crippen LogP contribution < -0.4 is 10.6 Å². The van der Waals surface area contributed by atoms with Crippen LogP contribution >= 0.6 is 0 Å². The zero-order valence-corrected chi connectivity index (χ0v) is 15.1. The molecule has 0 spiro atoms. The number of aromatic nitrogens is 2. The van der Waals surface area contributed by atoms with Crippen molar-refractivity contribution in [1.82, 2.24) is 9.97 Å². The highest BCUT2D eigenvalue weighted by molar-refractivity contribution is 5.89. The van der Waals surface area contributed by atoms with Crippen LogP contribution in [0.3, 0.4) is 0 Å². The monoisotopic (exact) mass is 395 g/mol. The Balaban J connectivity index is 1.75. The van der Waals surface area contributed by atoms with Crippen molar-refractivity contribution in [2.24, 2.45) is 0 Å². The minimum Gasteiger partial charge on any atom is -0.508 e. The maximum Gasteiger partial charge on any atom is 0.335 e. The van der Waals surface area contributed by atoms with Crippen molar-refractivity contribution in [1.29, 1.82) is 0 Å². The van der Waals surface area contributed by atoms with E-state index in [1.165, 1.54) is 12.1 Å². The van der Waals surface area contributed by atoms with Gasteiger partial charge in [0.05, 0.1) is 10.5 Å². The number of anilines is 3. The van der Waals surface area contributed by atoms with Crippen molar-refractivity contribution < 1.29 is 19.9 Å². The van der Waals surface area contributed by atoms with Gasteiger partial charge in [0.2, 0.25) is 11.8 Å².